The van der Waals surface area contributed by atoms with Gasteiger partial charge in [-0.15, -0.1) is 0 Å². The van der Waals surface area contributed by atoms with Gasteiger partial charge in [-0.2, -0.15) is 0 Å². The fourth-order valence-electron chi connectivity index (χ4n) is 2.90. The zero-order chi connectivity index (χ0) is 15.9. The maximum Gasteiger partial charge on any atom is 0.306 e. The molecular formula is C18H25NO3. The van der Waals surface area contributed by atoms with Crippen LogP contribution in [0.4, 0.5) is 5.69 Å². The number of benzene rings is 1. The molecule has 1 aliphatic carbocycles. The minimum atomic E-state index is -0.767. The molecule has 0 aliphatic heterocycles. The predicted octanol–water partition coefficient (Wildman–Crippen LogP) is 3.84. The first-order chi connectivity index (χ1) is 10.5. The van der Waals surface area contributed by atoms with Crippen LogP contribution in [0.25, 0.3) is 0 Å². The monoisotopic (exact) mass is 303 g/mol. The van der Waals surface area contributed by atoms with Gasteiger partial charge in [0.05, 0.1) is 0 Å². The Morgan fingerprint density at radius 1 is 1.32 bits per heavy atom. The molecule has 1 aromatic rings. The number of aryl methyl sites for hydroxylation is 1. The highest BCUT2D eigenvalue weighted by Crippen LogP contribution is 2.28. The number of rotatable bonds is 6. The minimum Gasteiger partial charge on any atom is -0.453 e. The standard InChI is InChI=1S/C18H25NO3/c1-13-6-5-9-16(12-13)19-18(21)14(2)22-17(20)11-10-15-7-3-4-8-15/h5-6,9,12,14-15H,3-4,7-8,10-11H2,1-2H3,(H,19,21). The molecule has 2 rings (SSSR count). The van der Waals surface area contributed by atoms with Crippen LogP contribution in [-0.4, -0.2) is 18.0 Å². The molecular weight excluding hydrogens is 278 g/mol. The van der Waals surface area contributed by atoms with Crippen LogP contribution in [0.3, 0.4) is 0 Å². The van der Waals surface area contributed by atoms with Gasteiger partial charge >= 0.3 is 5.97 Å². The summed E-state index contributed by atoms with van der Waals surface area (Å²) in [7, 11) is 0. The molecule has 0 bridgehead atoms. The number of anilines is 1. The SMILES string of the molecule is Cc1cccc(NC(=O)C(C)OC(=O)CCC2CCCC2)c1. The van der Waals surface area contributed by atoms with E-state index in [1.807, 2.05) is 31.2 Å². The number of esters is 1. The lowest BCUT2D eigenvalue weighted by Crippen LogP contribution is -2.30. The van der Waals surface area contributed by atoms with Crippen molar-refractivity contribution in [3.8, 4) is 0 Å². The maximum absolute atomic E-state index is 12.0. The van der Waals surface area contributed by atoms with Gasteiger partial charge in [-0.25, -0.2) is 0 Å². The summed E-state index contributed by atoms with van der Waals surface area (Å²) in [4.78, 5) is 23.9. The molecule has 1 amide bonds. The molecule has 0 aromatic heterocycles. The summed E-state index contributed by atoms with van der Waals surface area (Å²) in [5, 5.41) is 2.77. The van der Waals surface area contributed by atoms with Crippen molar-refractivity contribution in [1.29, 1.82) is 0 Å². The largest absolute Gasteiger partial charge is 0.453 e. The van der Waals surface area contributed by atoms with Crippen LogP contribution in [0.1, 0.15) is 51.0 Å². The molecule has 120 valence electrons. The summed E-state index contributed by atoms with van der Waals surface area (Å²) in [5.74, 6) is 0.0857. The first-order valence-corrected chi connectivity index (χ1v) is 8.11. The Kier molecular flexibility index (Phi) is 5.99. The van der Waals surface area contributed by atoms with Crippen LogP contribution in [-0.2, 0) is 14.3 Å². The Morgan fingerprint density at radius 3 is 2.73 bits per heavy atom. The Bertz CT molecular complexity index is 521. The third-order valence-corrected chi connectivity index (χ3v) is 4.19. The van der Waals surface area contributed by atoms with Crippen molar-refractivity contribution >= 4 is 17.6 Å². The average molecular weight is 303 g/mol. The van der Waals surface area contributed by atoms with Crippen molar-refractivity contribution in [2.24, 2.45) is 5.92 Å². The molecule has 4 nitrogen and oxygen atoms in total. The fraction of sp³-hybridized carbons (Fsp3) is 0.556. The molecule has 1 N–H and O–H groups in total. The van der Waals surface area contributed by atoms with E-state index < -0.39 is 6.10 Å². The predicted molar refractivity (Wildman–Crippen MR) is 86.6 cm³/mol. The molecule has 1 atom stereocenters. The minimum absolute atomic E-state index is 0.279. The lowest BCUT2D eigenvalue weighted by atomic mass is 10.0. The number of hydrogen-bond acceptors (Lipinski definition) is 3. The van der Waals surface area contributed by atoms with Gasteiger partial charge in [0.2, 0.25) is 0 Å². The van der Waals surface area contributed by atoms with Gasteiger partial charge in [-0.05, 0) is 43.9 Å². The van der Waals surface area contributed by atoms with E-state index in [0.29, 0.717) is 12.3 Å². The summed E-state index contributed by atoms with van der Waals surface area (Å²) >= 11 is 0. The highest BCUT2D eigenvalue weighted by Gasteiger charge is 2.20. The van der Waals surface area contributed by atoms with Crippen molar-refractivity contribution in [2.45, 2.75) is 58.5 Å². The maximum atomic E-state index is 12.0. The lowest BCUT2D eigenvalue weighted by Gasteiger charge is -2.14. The molecule has 1 aliphatic rings. The van der Waals surface area contributed by atoms with Crippen LogP contribution in [0.15, 0.2) is 24.3 Å². The number of carbonyl (C=O) groups is 2. The molecule has 4 heteroatoms. The summed E-state index contributed by atoms with van der Waals surface area (Å²) < 4.78 is 5.22. The van der Waals surface area contributed by atoms with Gasteiger partial charge in [-0.3, -0.25) is 9.59 Å². The fourth-order valence-corrected chi connectivity index (χ4v) is 2.90. The van der Waals surface area contributed by atoms with E-state index >= 15 is 0 Å². The average Bonchev–Trinajstić information content (AvgIpc) is 2.98. The lowest BCUT2D eigenvalue weighted by molar-refractivity contribution is -0.153. The zero-order valence-corrected chi connectivity index (χ0v) is 13.4. The summed E-state index contributed by atoms with van der Waals surface area (Å²) in [5.41, 5.74) is 1.79. The van der Waals surface area contributed by atoms with Gasteiger partial charge in [0.25, 0.3) is 5.91 Å². The number of nitrogens with one attached hydrogen (secondary N) is 1. The van der Waals surface area contributed by atoms with Crippen molar-refractivity contribution < 1.29 is 14.3 Å². The van der Waals surface area contributed by atoms with Gasteiger partial charge in [-0.1, -0.05) is 37.8 Å². The highest BCUT2D eigenvalue weighted by molar-refractivity contribution is 5.95. The van der Waals surface area contributed by atoms with E-state index in [0.717, 1.165) is 17.7 Å². The smallest absolute Gasteiger partial charge is 0.306 e. The molecule has 1 fully saturated rings. The van der Waals surface area contributed by atoms with Crippen molar-refractivity contribution in [3.05, 3.63) is 29.8 Å². The zero-order valence-electron chi connectivity index (χ0n) is 13.4. The molecule has 0 spiro atoms. The van der Waals surface area contributed by atoms with Gasteiger partial charge < -0.3 is 10.1 Å². The first kappa shape index (κ1) is 16.5. The number of hydrogen-bond donors (Lipinski definition) is 1. The Balaban J connectivity index is 1.74. The number of amides is 1. The molecule has 22 heavy (non-hydrogen) atoms. The van der Waals surface area contributed by atoms with Crippen molar-refractivity contribution in [3.63, 3.8) is 0 Å². The van der Waals surface area contributed by atoms with Crippen LogP contribution in [0, 0.1) is 12.8 Å². The van der Waals surface area contributed by atoms with E-state index in [9.17, 15) is 9.59 Å². The summed E-state index contributed by atoms with van der Waals surface area (Å²) in [6.07, 6.45) is 5.51. The second kappa shape index (κ2) is 7.97. The van der Waals surface area contributed by atoms with E-state index in [1.165, 1.54) is 25.7 Å². The Morgan fingerprint density at radius 2 is 2.05 bits per heavy atom. The molecule has 0 radical (unpaired) electrons. The van der Waals surface area contributed by atoms with Crippen LogP contribution < -0.4 is 5.32 Å². The Labute approximate surface area is 132 Å². The van der Waals surface area contributed by atoms with Crippen LogP contribution >= 0.6 is 0 Å². The third kappa shape index (κ3) is 5.17. The van der Waals surface area contributed by atoms with Gasteiger partial charge in [0, 0.05) is 12.1 Å². The van der Waals surface area contributed by atoms with Crippen molar-refractivity contribution in [1.82, 2.24) is 0 Å². The quantitative estimate of drug-likeness (QED) is 0.812. The van der Waals surface area contributed by atoms with Crippen LogP contribution in [0.2, 0.25) is 0 Å². The summed E-state index contributed by atoms with van der Waals surface area (Å²) in [6.45, 7) is 3.57. The normalized spacial score (nSPS) is 16.3. The highest BCUT2D eigenvalue weighted by atomic mass is 16.5. The second-order valence-electron chi connectivity index (χ2n) is 6.18. The summed E-state index contributed by atoms with van der Waals surface area (Å²) in [6, 6.07) is 7.54. The van der Waals surface area contributed by atoms with E-state index in [-0.39, 0.29) is 11.9 Å². The van der Waals surface area contributed by atoms with Crippen LogP contribution in [0.5, 0.6) is 0 Å². The number of carbonyl (C=O) groups excluding carboxylic acids is 2. The second-order valence-corrected chi connectivity index (χ2v) is 6.18. The Hall–Kier alpha value is -1.84. The molecule has 1 aromatic carbocycles. The third-order valence-electron chi connectivity index (χ3n) is 4.19. The number of ether oxygens (including phenoxy) is 1. The van der Waals surface area contributed by atoms with Gasteiger partial charge in [0.15, 0.2) is 6.10 Å². The molecule has 1 saturated carbocycles. The molecule has 0 saturated heterocycles. The van der Waals surface area contributed by atoms with Gasteiger partial charge in [0.1, 0.15) is 0 Å². The van der Waals surface area contributed by atoms with E-state index in [2.05, 4.69) is 5.32 Å². The van der Waals surface area contributed by atoms with E-state index in [4.69, 9.17) is 4.74 Å². The molecule has 0 heterocycles. The van der Waals surface area contributed by atoms with Crippen molar-refractivity contribution in [2.75, 3.05) is 5.32 Å². The van der Waals surface area contributed by atoms with E-state index in [1.54, 1.807) is 6.92 Å². The topological polar surface area (TPSA) is 55.4 Å². The first-order valence-electron chi connectivity index (χ1n) is 8.11. The molecule has 1 unspecified atom stereocenters.